The van der Waals surface area contributed by atoms with Crippen molar-refractivity contribution < 1.29 is 28.5 Å². The summed E-state index contributed by atoms with van der Waals surface area (Å²) in [5, 5.41) is 0. The van der Waals surface area contributed by atoms with Crippen LogP contribution in [0.2, 0.25) is 0 Å². The Morgan fingerprint density at radius 1 is 0.750 bits per heavy atom. The van der Waals surface area contributed by atoms with Crippen molar-refractivity contribution in [1.82, 2.24) is 0 Å². The Bertz CT molecular complexity index is 319. The van der Waals surface area contributed by atoms with E-state index in [1.165, 1.54) is 12.2 Å². The second kappa shape index (κ2) is 8.26. The summed E-state index contributed by atoms with van der Waals surface area (Å²) in [5.41, 5.74) is 0. The third-order valence-electron chi connectivity index (χ3n) is 3.09. The zero-order chi connectivity index (χ0) is 14.2. The zero-order valence-corrected chi connectivity index (χ0v) is 11.4. The van der Waals surface area contributed by atoms with E-state index < -0.39 is 0 Å². The lowest BCUT2D eigenvalue weighted by molar-refractivity contribution is -0.119. The van der Waals surface area contributed by atoms with Crippen LogP contribution in [-0.4, -0.2) is 50.6 Å². The van der Waals surface area contributed by atoms with E-state index in [0.29, 0.717) is 52.1 Å². The molecule has 0 aliphatic carbocycles. The molecule has 0 bridgehead atoms. The highest BCUT2D eigenvalue weighted by atomic mass is 16.7. The fraction of sp³-hybridized carbons (Fsp3) is 0.714. The number of allylic oxidation sites excluding steroid dienone is 2. The summed E-state index contributed by atoms with van der Waals surface area (Å²) >= 11 is 0. The first-order chi connectivity index (χ1) is 9.74. The Balaban J connectivity index is 1.58. The van der Waals surface area contributed by atoms with Crippen LogP contribution in [0.25, 0.3) is 0 Å². The number of carbonyl (C=O) groups is 2. The minimum Gasteiger partial charge on any atom is -0.350 e. The largest absolute Gasteiger partial charge is 0.350 e. The minimum absolute atomic E-state index is 0.0918. The number of ether oxygens (including phenoxy) is 4. The monoisotopic (exact) mass is 284 g/mol. The van der Waals surface area contributed by atoms with Gasteiger partial charge in [0.2, 0.25) is 0 Å². The van der Waals surface area contributed by atoms with Crippen molar-refractivity contribution >= 4 is 11.6 Å². The molecule has 2 saturated heterocycles. The molecule has 0 spiro atoms. The molecular formula is C14H20O6. The van der Waals surface area contributed by atoms with Crippen LogP contribution in [-0.2, 0) is 28.5 Å². The first-order valence-corrected chi connectivity index (χ1v) is 6.94. The lowest BCUT2D eigenvalue weighted by atomic mass is 10.1. The number of ketones is 2. The van der Waals surface area contributed by atoms with Crippen LogP contribution in [0.3, 0.4) is 0 Å². The van der Waals surface area contributed by atoms with E-state index in [-0.39, 0.29) is 24.1 Å². The Morgan fingerprint density at radius 2 is 1.10 bits per heavy atom. The van der Waals surface area contributed by atoms with Crippen LogP contribution in [0.5, 0.6) is 0 Å². The van der Waals surface area contributed by atoms with Crippen molar-refractivity contribution in [1.29, 1.82) is 0 Å². The number of rotatable bonds is 8. The molecule has 0 radical (unpaired) electrons. The van der Waals surface area contributed by atoms with Gasteiger partial charge in [0.1, 0.15) is 0 Å². The van der Waals surface area contributed by atoms with E-state index in [9.17, 15) is 9.59 Å². The summed E-state index contributed by atoms with van der Waals surface area (Å²) < 4.78 is 20.9. The minimum atomic E-state index is -0.278. The Kier molecular flexibility index (Phi) is 6.32. The van der Waals surface area contributed by atoms with E-state index >= 15 is 0 Å². The molecule has 0 N–H and O–H groups in total. The summed E-state index contributed by atoms with van der Waals surface area (Å²) in [7, 11) is 0. The van der Waals surface area contributed by atoms with Gasteiger partial charge >= 0.3 is 0 Å². The Hall–Kier alpha value is -1.08. The first-order valence-electron chi connectivity index (χ1n) is 6.94. The maximum Gasteiger partial charge on any atom is 0.158 e. The zero-order valence-electron chi connectivity index (χ0n) is 11.4. The van der Waals surface area contributed by atoms with Gasteiger partial charge in [-0.05, 0) is 12.2 Å². The summed E-state index contributed by atoms with van der Waals surface area (Å²) in [4.78, 5) is 23.1. The van der Waals surface area contributed by atoms with Gasteiger partial charge in [0.15, 0.2) is 24.1 Å². The van der Waals surface area contributed by atoms with Gasteiger partial charge in [0.25, 0.3) is 0 Å². The average Bonchev–Trinajstić information content (AvgIpc) is 3.13. The molecule has 0 unspecified atom stereocenters. The predicted octanol–water partition coefficient (Wildman–Crippen LogP) is 0.987. The van der Waals surface area contributed by atoms with Crippen molar-refractivity contribution in [3.63, 3.8) is 0 Å². The molecule has 2 aliphatic heterocycles. The number of hydrogen-bond donors (Lipinski definition) is 0. The van der Waals surface area contributed by atoms with E-state index in [1.807, 2.05) is 0 Å². The number of hydrogen-bond acceptors (Lipinski definition) is 6. The molecule has 0 aromatic carbocycles. The molecule has 6 heteroatoms. The molecule has 2 fully saturated rings. The highest BCUT2D eigenvalue weighted by molar-refractivity contribution is 5.98. The van der Waals surface area contributed by atoms with Crippen LogP contribution in [0, 0.1) is 0 Å². The van der Waals surface area contributed by atoms with Gasteiger partial charge in [0.05, 0.1) is 26.4 Å². The fourth-order valence-corrected chi connectivity index (χ4v) is 2.02. The molecule has 0 aromatic rings. The molecule has 2 rings (SSSR count). The summed E-state index contributed by atoms with van der Waals surface area (Å²) in [6, 6.07) is 0. The normalized spacial score (nSPS) is 21.0. The van der Waals surface area contributed by atoms with Crippen molar-refractivity contribution in [3.05, 3.63) is 12.2 Å². The predicted molar refractivity (Wildman–Crippen MR) is 69.0 cm³/mol. The molecule has 6 nitrogen and oxygen atoms in total. The van der Waals surface area contributed by atoms with Gasteiger partial charge in [-0.2, -0.15) is 0 Å². The van der Waals surface area contributed by atoms with Crippen LogP contribution in [0.4, 0.5) is 0 Å². The molecule has 2 aliphatic rings. The average molecular weight is 284 g/mol. The maximum atomic E-state index is 11.6. The maximum absolute atomic E-state index is 11.6. The van der Waals surface area contributed by atoms with E-state index in [2.05, 4.69) is 0 Å². The third kappa shape index (κ3) is 5.50. The topological polar surface area (TPSA) is 71.1 Å². The summed E-state index contributed by atoms with van der Waals surface area (Å²) in [6.45, 7) is 2.33. The molecule has 20 heavy (non-hydrogen) atoms. The van der Waals surface area contributed by atoms with Gasteiger partial charge in [-0.15, -0.1) is 0 Å². The van der Waals surface area contributed by atoms with Crippen molar-refractivity contribution in [2.45, 2.75) is 38.3 Å². The Labute approximate surface area is 118 Å². The van der Waals surface area contributed by atoms with E-state index in [1.54, 1.807) is 0 Å². The Morgan fingerprint density at radius 3 is 1.45 bits per heavy atom. The van der Waals surface area contributed by atoms with Gasteiger partial charge in [0, 0.05) is 25.7 Å². The van der Waals surface area contributed by atoms with Gasteiger partial charge < -0.3 is 18.9 Å². The van der Waals surface area contributed by atoms with Crippen molar-refractivity contribution in [3.8, 4) is 0 Å². The lowest BCUT2D eigenvalue weighted by Crippen LogP contribution is -2.10. The molecule has 0 amide bonds. The van der Waals surface area contributed by atoms with Crippen molar-refractivity contribution in [2.75, 3.05) is 26.4 Å². The van der Waals surface area contributed by atoms with Gasteiger partial charge in [-0.1, -0.05) is 0 Å². The fourth-order valence-electron chi connectivity index (χ4n) is 2.02. The smallest absolute Gasteiger partial charge is 0.158 e. The SMILES string of the molecule is O=C(/C=C\C(=O)CCC1OCCO1)CCC1OCCO1. The van der Waals surface area contributed by atoms with Crippen molar-refractivity contribution in [2.24, 2.45) is 0 Å². The lowest BCUT2D eigenvalue weighted by Gasteiger charge is -2.06. The van der Waals surface area contributed by atoms with Gasteiger partial charge in [-0.25, -0.2) is 0 Å². The van der Waals surface area contributed by atoms with Crippen LogP contribution >= 0.6 is 0 Å². The summed E-state index contributed by atoms with van der Waals surface area (Å²) in [6.07, 6.45) is 3.80. The van der Waals surface area contributed by atoms with Gasteiger partial charge in [-0.3, -0.25) is 9.59 Å². The summed E-state index contributed by atoms with van der Waals surface area (Å²) in [5.74, 6) is -0.184. The first kappa shape index (κ1) is 15.3. The highest BCUT2D eigenvalue weighted by Gasteiger charge is 2.17. The second-order valence-electron chi connectivity index (χ2n) is 4.69. The molecule has 112 valence electrons. The molecule has 2 heterocycles. The molecule has 0 aromatic heterocycles. The third-order valence-corrected chi connectivity index (χ3v) is 3.09. The van der Waals surface area contributed by atoms with E-state index in [0.717, 1.165) is 0 Å². The quantitative estimate of drug-likeness (QED) is 0.619. The number of carbonyl (C=O) groups excluding carboxylic acids is 2. The second-order valence-corrected chi connectivity index (χ2v) is 4.69. The van der Waals surface area contributed by atoms with Crippen LogP contribution in [0.1, 0.15) is 25.7 Å². The van der Waals surface area contributed by atoms with E-state index in [4.69, 9.17) is 18.9 Å². The van der Waals surface area contributed by atoms with Crippen LogP contribution in [0.15, 0.2) is 12.2 Å². The molecule has 0 saturated carbocycles. The molecular weight excluding hydrogens is 264 g/mol. The van der Waals surface area contributed by atoms with Crippen LogP contribution < -0.4 is 0 Å². The standard InChI is InChI=1S/C14H20O6/c15-11(3-5-13-17-7-8-18-13)1-2-12(16)4-6-14-19-9-10-20-14/h1-2,13-14H,3-10H2/b2-1-. The molecule has 0 atom stereocenters. The highest BCUT2D eigenvalue weighted by Crippen LogP contribution is 2.12.